The van der Waals surface area contributed by atoms with Crippen LogP contribution in [-0.4, -0.2) is 81.3 Å². The number of nitrogens with one attached hydrogen (secondary N) is 1. The largest absolute Gasteiger partial charge is 0.385 e. The summed E-state index contributed by atoms with van der Waals surface area (Å²) in [6.07, 6.45) is 4.11. The van der Waals surface area contributed by atoms with Crippen molar-refractivity contribution >= 4 is 35.8 Å². The minimum absolute atomic E-state index is 0. The number of piperidine rings is 1. The molecule has 1 amide bonds. The molecule has 2 heterocycles. The Morgan fingerprint density at radius 3 is 2.57 bits per heavy atom. The Kier molecular flexibility index (Phi) is 10.9. The van der Waals surface area contributed by atoms with Gasteiger partial charge in [-0.1, -0.05) is 24.3 Å². The fraction of sp³-hybridized carbons (Fsp3) is 0.636. The van der Waals surface area contributed by atoms with Gasteiger partial charge in [-0.05, 0) is 36.8 Å². The van der Waals surface area contributed by atoms with E-state index < -0.39 is 0 Å². The van der Waals surface area contributed by atoms with Crippen LogP contribution in [0.25, 0.3) is 0 Å². The van der Waals surface area contributed by atoms with Crippen LogP contribution < -0.4 is 5.32 Å². The number of aliphatic imine (C=N–C) groups is 1. The Balaban J connectivity index is 0.00000320. The number of methoxy groups -OCH3 is 1. The highest BCUT2D eigenvalue weighted by molar-refractivity contribution is 14.0. The number of hydrogen-bond donors (Lipinski definition) is 1. The minimum atomic E-state index is 0. The van der Waals surface area contributed by atoms with Crippen LogP contribution in [0.5, 0.6) is 0 Å². The van der Waals surface area contributed by atoms with E-state index in [1.807, 2.05) is 11.0 Å². The summed E-state index contributed by atoms with van der Waals surface area (Å²) in [6.45, 7) is 5.02. The van der Waals surface area contributed by atoms with Gasteiger partial charge in [-0.15, -0.1) is 24.0 Å². The molecule has 7 nitrogen and oxygen atoms in total. The third kappa shape index (κ3) is 7.09. The molecule has 0 aromatic heterocycles. The first-order chi connectivity index (χ1) is 14.2. The topological polar surface area (TPSA) is 66.4 Å². The van der Waals surface area contributed by atoms with Crippen molar-refractivity contribution in [1.29, 1.82) is 0 Å². The Morgan fingerprint density at radius 2 is 1.87 bits per heavy atom. The summed E-state index contributed by atoms with van der Waals surface area (Å²) in [4.78, 5) is 21.2. The van der Waals surface area contributed by atoms with Crippen LogP contribution >= 0.6 is 24.0 Å². The second-order valence-electron chi connectivity index (χ2n) is 7.64. The Morgan fingerprint density at radius 1 is 1.13 bits per heavy atom. The first-order valence-electron chi connectivity index (χ1n) is 10.6. The number of likely N-dealkylation sites (tertiary alicyclic amines) is 1. The molecular formula is C22H35IN4O3. The minimum Gasteiger partial charge on any atom is -0.385 e. The maximum Gasteiger partial charge on any atom is 0.242 e. The van der Waals surface area contributed by atoms with Gasteiger partial charge in [-0.25, -0.2) is 0 Å². The first kappa shape index (κ1) is 24.9. The van der Waals surface area contributed by atoms with Crippen LogP contribution in [0.15, 0.2) is 29.3 Å². The van der Waals surface area contributed by atoms with Gasteiger partial charge in [-0.3, -0.25) is 9.79 Å². The quantitative estimate of drug-likeness (QED) is 0.254. The highest BCUT2D eigenvalue weighted by Crippen LogP contribution is 2.18. The number of rotatable bonds is 7. The third-order valence-electron chi connectivity index (χ3n) is 5.68. The normalized spacial score (nSPS) is 17.3. The highest BCUT2D eigenvalue weighted by atomic mass is 127. The summed E-state index contributed by atoms with van der Waals surface area (Å²) in [5.41, 5.74) is 2.61. The van der Waals surface area contributed by atoms with Crippen LogP contribution in [0.4, 0.5) is 0 Å². The van der Waals surface area contributed by atoms with Crippen molar-refractivity contribution in [2.24, 2.45) is 4.99 Å². The van der Waals surface area contributed by atoms with Crippen molar-refractivity contribution in [1.82, 2.24) is 15.1 Å². The van der Waals surface area contributed by atoms with Gasteiger partial charge in [0.1, 0.15) is 0 Å². The van der Waals surface area contributed by atoms with E-state index in [1.165, 1.54) is 11.1 Å². The van der Waals surface area contributed by atoms with Crippen molar-refractivity contribution in [2.75, 3.05) is 53.6 Å². The van der Waals surface area contributed by atoms with Gasteiger partial charge in [0, 0.05) is 53.6 Å². The summed E-state index contributed by atoms with van der Waals surface area (Å²) in [5.74, 6) is 0.922. The fourth-order valence-electron chi connectivity index (χ4n) is 3.99. The molecule has 0 unspecified atom stereocenters. The lowest BCUT2D eigenvalue weighted by atomic mass is 10.00. The molecule has 0 bridgehead atoms. The van der Waals surface area contributed by atoms with E-state index in [2.05, 4.69) is 33.4 Å². The van der Waals surface area contributed by atoms with E-state index in [4.69, 9.17) is 9.47 Å². The van der Waals surface area contributed by atoms with Crippen LogP contribution in [0.1, 0.15) is 30.4 Å². The SMILES string of the molecule is CN=C(NCC(=O)N1CCc2ccccc2C1)N1CCC(OCCCOC)CC1.I. The zero-order valence-corrected chi connectivity index (χ0v) is 20.5. The summed E-state index contributed by atoms with van der Waals surface area (Å²) >= 11 is 0. The predicted molar refractivity (Wildman–Crippen MR) is 129 cm³/mol. The van der Waals surface area contributed by atoms with E-state index in [-0.39, 0.29) is 36.4 Å². The second kappa shape index (κ2) is 13.1. The number of ether oxygens (including phenoxy) is 2. The van der Waals surface area contributed by atoms with E-state index in [1.54, 1.807) is 14.2 Å². The van der Waals surface area contributed by atoms with E-state index in [0.29, 0.717) is 12.6 Å². The predicted octanol–water partition coefficient (Wildman–Crippen LogP) is 2.28. The standard InChI is InChI=1S/C22H34N4O3.HI/c1-23-22(25-12-9-20(10-13-25)29-15-5-14-28-2)24-16-21(27)26-11-8-18-6-3-4-7-19(18)17-26;/h3-4,6-7,20H,5,8-17H2,1-2H3,(H,23,24);1H. The maximum absolute atomic E-state index is 12.7. The third-order valence-corrected chi connectivity index (χ3v) is 5.68. The molecule has 1 aromatic carbocycles. The van der Waals surface area contributed by atoms with Crippen molar-refractivity contribution in [3.63, 3.8) is 0 Å². The molecule has 1 saturated heterocycles. The number of carbonyl (C=O) groups excluding carboxylic acids is 1. The zero-order valence-electron chi connectivity index (χ0n) is 18.1. The lowest BCUT2D eigenvalue weighted by molar-refractivity contribution is -0.130. The van der Waals surface area contributed by atoms with Gasteiger partial charge in [0.15, 0.2) is 5.96 Å². The second-order valence-corrected chi connectivity index (χ2v) is 7.64. The molecule has 3 rings (SSSR count). The number of halogens is 1. The van der Waals surface area contributed by atoms with Crippen LogP contribution in [0.3, 0.4) is 0 Å². The molecule has 168 valence electrons. The van der Waals surface area contributed by atoms with Crippen molar-refractivity contribution in [2.45, 2.75) is 38.3 Å². The zero-order chi connectivity index (χ0) is 20.5. The van der Waals surface area contributed by atoms with Gasteiger partial charge in [0.25, 0.3) is 0 Å². The van der Waals surface area contributed by atoms with Crippen molar-refractivity contribution in [3.05, 3.63) is 35.4 Å². The molecule has 1 fully saturated rings. The summed E-state index contributed by atoms with van der Waals surface area (Å²) in [6, 6.07) is 8.37. The molecule has 0 saturated carbocycles. The molecule has 0 atom stereocenters. The van der Waals surface area contributed by atoms with Crippen molar-refractivity contribution in [3.8, 4) is 0 Å². The van der Waals surface area contributed by atoms with Crippen LogP contribution in [0.2, 0.25) is 0 Å². The monoisotopic (exact) mass is 530 g/mol. The molecular weight excluding hydrogens is 495 g/mol. The summed E-state index contributed by atoms with van der Waals surface area (Å²) < 4.78 is 11.0. The number of amides is 1. The van der Waals surface area contributed by atoms with E-state index in [0.717, 1.165) is 64.5 Å². The Bertz CT molecular complexity index is 693. The highest BCUT2D eigenvalue weighted by Gasteiger charge is 2.24. The van der Waals surface area contributed by atoms with Crippen LogP contribution in [-0.2, 0) is 27.2 Å². The number of hydrogen-bond acceptors (Lipinski definition) is 4. The van der Waals surface area contributed by atoms with Gasteiger partial charge < -0.3 is 24.6 Å². The van der Waals surface area contributed by atoms with E-state index in [9.17, 15) is 4.79 Å². The average Bonchev–Trinajstić information content (AvgIpc) is 2.77. The molecule has 30 heavy (non-hydrogen) atoms. The van der Waals surface area contributed by atoms with Gasteiger partial charge in [0.2, 0.25) is 5.91 Å². The maximum atomic E-state index is 12.7. The molecule has 8 heteroatoms. The Labute approximate surface area is 197 Å². The number of fused-ring (bicyclic) bond motifs is 1. The number of benzene rings is 1. The lowest BCUT2D eigenvalue weighted by Gasteiger charge is -2.34. The molecule has 0 spiro atoms. The smallest absolute Gasteiger partial charge is 0.242 e. The lowest BCUT2D eigenvalue weighted by Crippen LogP contribution is -2.50. The number of guanidine groups is 1. The Hall–Kier alpha value is -1.39. The molecule has 1 aromatic rings. The first-order valence-corrected chi connectivity index (χ1v) is 10.6. The molecule has 1 N–H and O–H groups in total. The van der Waals surface area contributed by atoms with Crippen LogP contribution in [0, 0.1) is 0 Å². The summed E-state index contributed by atoms with van der Waals surface area (Å²) in [5, 5.41) is 3.26. The number of carbonyl (C=O) groups is 1. The molecule has 2 aliphatic heterocycles. The molecule has 0 aliphatic carbocycles. The van der Waals surface area contributed by atoms with Gasteiger partial charge in [-0.2, -0.15) is 0 Å². The van der Waals surface area contributed by atoms with E-state index >= 15 is 0 Å². The molecule has 0 radical (unpaired) electrons. The van der Waals surface area contributed by atoms with Gasteiger partial charge >= 0.3 is 0 Å². The van der Waals surface area contributed by atoms with Gasteiger partial charge in [0.05, 0.1) is 12.6 Å². The summed E-state index contributed by atoms with van der Waals surface area (Å²) in [7, 11) is 3.49. The number of nitrogens with zero attached hydrogens (tertiary/aromatic N) is 3. The molecule has 2 aliphatic rings. The van der Waals surface area contributed by atoms with Crippen molar-refractivity contribution < 1.29 is 14.3 Å². The fourth-order valence-corrected chi connectivity index (χ4v) is 3.99. The average molecular weight is 530 g/mol.